The van der Waals surface area contributed by atoms with Crippen LogP contribution >= 0.6 is 0 Å². The van der Waals surface area contributed by atoms with Gasteiger partial charge < -0.3 is 10.1 Å². The van der Waals surface area contributed by atoms with E-state index in [2.05, 4.69) is 17.3 Å². The minimum atomic E-state index is -0.0451. The van der Waals surface area contributed by atoms with E-state index in [1.165, 1.54) is 12.8 Å². The van der Waals surface area contributed by atoms with E-state index >= 15 is 0 Å². The van der Waals surface area contributed by atoms with Crippen molar-refractivity contribution in [2.24, 2.45) is 12.5 Å². The van der Waals surface area contributed by atoms with Crippen LogP contribution in [0.25, 0.3) is 0 Å². The first kappa shape index (κ1) is 13.6. The Hall–Kier alpha value is -1.36. The number of amides is 1. The summed E-state index contributed by atoms with van der Waals surface area (Å²) in [6.45, 7) is 7.01. The van der Waals surface area contributed by atoms with Gasteiger partial charge in [-0.05, 0) is 32.1 Å². The van der Waals surface area contributed by atoms with E-state index in [0.717, 1.165) is 24.2 Å². The molecule has 3 rings (SSSR count). The molecule has 1 aromatic heterocycles. The van der Waals surface area contributed by atoms with E-state index in [1.807, 2.05) is 20.9 Å². The maximum atomic E-state index is 12.4. The van der Waals surface area contributed by atoms with Crippen molar-refractivity contribution < 1.29 is 9.53 Å². The van der Waals surface area contributed by atoms with Crippen molar-refractivity contribution in [3.63, 3.8) is 0 Å². The molecule has 1 aliphatic heterocycles. The van der Waals surface area contributed by atoms with Crippen LogP contribution < -0.4 is 5.32 Å². The van der Waals surface area contributed by atoms with E-state index in [-0.39, 0.29) is 18.1 Å². The molecule has 2 aliphatic rings. The fourth-order valence-corrected chi connectivity index (χ4v) is 2.99. The van der Waals surface area contributed by atoms with Gasteiger partial charge in [0.25, 0.3) is 5.91 Å². The van der Waals surface area contributed by atoms with Crippen LogP contribution in [0.2, 0.25) is 0 Å². The van der Waals surface area contributed by atoms with Gasteiger partial charge >= 0.3 is 0 Å². The van der Waals surface area contributed by atoms with Crippen LogP contribution in [-0.4, -0.2) is 28.3 Å². The molecule has 0 radical (unpaired) electrons. The second-order valence-corrected chi connectivity index (χ2v) is 6.62. The summed E-state index contributed by atoms with van der Waals surface area (Å²) in [5.74, 6) is -0.0451. The summed E-state index contributed by atoms with van der Waals surface area (Å²) in [5, 5.41) is 7.46. The van der Waals surface area contributed by atoms with Gasteiger partial charge in [0.15, 0.2) is 5.69 Å². The molecule has 0 aromatic carbocycles. The maximum absolute atomic E-state index is 12.4. The van der Waals surface area contributed by atoms with E-state index in [0.29, 0.717) is 11.1 Å². The molecule has 110 valence electrons. The molecule has 0 saturated heterocycles. The quantitative estimate of drug-likeness (QED) is 0.919. The minimum Gasteiger partial charge on any atom is -0.369 e. The molecule has 20 heavy (non-hydrogen) atoms. The molecule has 1 N–H and O–H groups in total. The van der Waals surface area contributed by atoms with Crippen molar-refractivity contribution >= 4 is 5.91 Å². The molecular formula is C15H23N3O2. The summed E-state index contributed by atoms with van der Waals surface area (Å²) in [5.41, 5.74) is 2.98. The second kappa shape index (κ2) is 4.58. The lowest BCUT2D eigenvalue weighted by molar-refractivity contribution is -0.00903. The summed E-state index contributed by atoms with van der Waals surface area (Å²) in [4.78, 5) is 12.4. The van der Waals surface area contributed by atoms with Crippen molar-refractivity contribution in [1.29, 1.82) is 0 Å². The third-order valence-corrected chi connectivity index (χ3v) is 4.50. The van der Waals surface area contributed by atoms with Crippen molar-refractivity contribution in [1.82, 2.24) is 15.1 Å². The average molecular weight is 277 g/mol. The summed E-state index contributed by atoms with van der Waals surface area (Å²) >= 11 is 0. The molecule has 2 heterocycles. The second-order valence-electron chi connectivity index (χ2n) is 6.62. The number of nitrogens with one attached hydrogen (secondary N) is 1. The minimum absolute atomic E-state index is 0.00579. The highest BCUT2D eigenvalue weighted by Gasteiger charge is 2.38. The number of ether oxygens (including phenoxy) is 1. The number of aryl methyl sites for hydroxylation is 1. The predicted molar refractivity (Wildman–Crippen MR) is 75.5 cm³/mol. The zero-order valence-electron chi connectivity index (χ0n) is 12.7. The van der Waals surface area contributed by atoms with E-state index in [9.17, 15) is 4.79 Å². The normalized spacial score (nSPS) is 27.0. The molecule has 5 nitrogen and oxygen atoms in total. The van der Waals surface area contributed by atoms with Crippen LogP contribution in [-0.2, 0) is 18.2 Å². The fourth-order valence-electron chi connectivity index (χ4n) is 2.99. The van der Waals surface area contributed by atoms with Gasteiger partial charge in [0.05, 0.1) is 17.9 Å². The average Bonchev–Trinajstić information content (AvgIpc) is 3.01. The van der Waals surface area contributed by atoms with Gasteiger partial charge in [-0.3, -0.25) is 9.48 Å². The molecule has 0 spiro atoms. The van der Waals surface area contributed by atoms with Crippen molar-refractivity contribution in [2.75, 3.05) is 6.54 Å². The Bertz CT molecular complexity index is 546. The van der Waals surface area contributed by atoms with Crippen LogP contribution in [0.4, 0.5) is 0 Å². The Morgan fingerprint density at radius 1 is 1.50 bits per heavy atom. The predicted octanol–water partition coefficient (Wildman–Crippen LogP) is 1.97. The Morgan fingerprint density at radius 3 is 2.85 bits per heavy atom. The van der Waals surface area contributed by atoms with Crippen molar-refractivity contribution in [3.8, 4) is 0 Å². The van der Waals surface area contributed by atoms with Crippen LogP contribution in [0.15, 0.2) is 0 Å². The van der Waals surface area contributed by atoms with Gasteiger partial charge in [-0.25, -0.2) is 0 Å². The molecule has 1 aliphatic carbocycles. The van der Waals surface area contributed by atoms with E-state index in [1.54, 1.807) is 4.68 Å². The van der Waals surface area contributed by atoms with Gasteiger partial charge in [-0.15, -0.1) is 0 Å². The van der Waals surface area contributed by atoms with E-state index < -0.39 is 0 Å². The molecule has 1 saturated carbocycles. The first-order valence-electron chi connectivity index (χ1n) is 7.39. The smallest absolute Gasteiger partial charge is 0.272 e. The van der Waals surface area contributed by atoms with Crippen LogP contribution in [0.1, 0.15) is 61.5 Å². The summed E-state index contributed by atoms with van der Waals surface area (Å²) in [7, 11) is 1.88. The number of carbonyl (C=O) groups excluding carboxylic acids is 1. The van der Waals surface area contributed by atoms with Gasteiger partial charge in [0, 0.05) is 25.6 Å². The molecule has 1 amide bonds. The van der Waals surface area contributed by atoms with Crippen LogP contribution in [0.5, 0.6) is 0 Å². The highest BCUT2D eigenvalue weighted by Crippen LogP contribution is 2.44. The van der Waals surface area contributed by atoms with Crippen LogP contribution in [0, 0.1) is 5.41 Å². The lowest BCUT2D eigenvalue weighted by Crippen LogP contribution is -2.31. The van der Waals surface area contributed by atoms with Gasteiger partial charge in [0.2, 0.25) is 0 Å². The Morgan fingerprint density at radius 2 is 2.20 bits per heavy atom. The van der Waals surface area contributed by atoms with E-state index in [4.69, 9.17) is 4.74 Å². The number of nitrogens with zero attached hydrogens (tertiary/aromatic N) is 2. The first-order chi connectivity index (χ1) is 9.39. The molecule has 1 fully saturated rings. The van der Waals surface area contributed by atoms with Gasteiger partial charge in [-0.1, -0.05) is 6.92 Å². The fraction of sp³-hybridized carbons (Fsp3) is 0.733. The Kier molecular flexibility index (Phi) is 3.12. The molecule has 5 heteroatoms. The number of hydrogen-bond donors (Lipinski definition) is 1. The van der Waals surface area contributed by atoms with Gasteiger partial charge in [0.1, 0.15) is 0 Å². The lowest BCUT2D eigenvalue weighted by atomic mass is 9.99. The number of fused-ring (bicyclic) bond motifs is 1. The number of rotatable bonds is 3. The Labute approximate surface area is 119 Å². The summed E-state index contributed by atoms with van der Waals surface area (Å²) in [6, 6.07) is 0. The van der Waals surface area contributed by atoms with Crippen molar-refractivity contribution in [3.05, 3.63) is 17.0 Å². The van der Waals surface area contributed by atoms with Crippen LogP contribution in [0.3, 0.4) is 0 Å². The monoisotopic (exact) mass is 277 g/mol. The Balaban J connectivity index is 1.83. The SMILES string of the molecule is C[C@@H]1Cc2c(C(=O)NCC3(C)CC3)nn(C)c2[C@H](C)O1. The summed E-state index contributed by atoms with van der Waals surface area (Å²) < 4.78 is 7.61. The molecular weight excluding hydrogens is 254 g/mol. The standard InChI is InChI=1S/C15H23N3O2/c1-9-7-11-12(14(19)16-8-15(3)5-6-15)17-18(4)13(11)10(2)20-9/h9-10H,5-8H2,1-4H3,(H,16,19)/t9-,10+/m1/s1. The third kappa shape index (κ3) is 2.35. The summed E-state index contributed by atoms with van der Waals surface area (Å²) in [6.07, 6.45) is 3.29. The largest absolute Gasteiger partial charge is 0.369 e. The topological polar surface area (TPSA) is 56.2 Å². The zero-order chi connectivity index (χ0) is 14.5. The zero-order valence-corrected chi connectivity index (χ0v) is 12.7. The lowest BCUT2D eigenvalue weighted by Gasteiger charge is -2.26. The van der Waals surface area contributed by atoms with Crippen molar-refractivity contribution in [2.45, 2.75) is 52.2 Å². The number of carbonyl (C=O) groups is 1. The highest BCUT2D eigenvalue weighted by molar-refractivity contribution is 5.94. The third-order valence-electron chi connectivity index (χ3n) is 4.50. The molecule has 0 unspecified atom stereocenters. The van der Waals surface area contributed by atoms with Gasteiger partial charge in [-0.2, -0.15) is 5.10 Å². The molecule has 1 aromatic rings. The molecule has 2 atom stereocenters. The molecule has 0 bridgehead atoms. The number of aromatic nitrogens is 2. The first-order valence-corrected chi connectivity index (χ1v) is 7.39. The highest BCUT2D eigenvalue weighted by atomic mass is 16.5. The maximum Gasteiger partial charge on any atom is 0.272 e. The number of hydrogen-bond acceptors (Lipinski definition) is 3.